The molecule has 22 heavy (non-hydrogen) atoms. The van der Waals surface area contributed by atoms with Crippen LogP contribution in [0.1, 0.15) is 33.1 Å². The molecule has 0 bridgehead atoms. The lowest BCUT2D eigenvalue weighted by atomic mass is 9.78. The van der Waals surface area contributed by atoms with Crippen LogP contribution in [0.2, 0.25) is 0 Å². The zero-order valence-corrected chi connectivity index (χ0v) is 13.0. The van der Waals surface area contributed by atoms with Gasteiger partial charge in [-0.3, -0.25) is 14.9 Å². The zero-order chi connectivity index (χ0) is 16.1. The Balaban J connectivity index is 1.85. The number of carbonyl (C=O) groups is 1. The number of nitrogens with one attached hydrogen (secondary N) is 1. The fourth-order valence-corrected chi connectivity index (χ4v) is 2.87. The van der Waals surface area contributed by atoms with Crippen LogP contribution in [0.5, 0.6) is 5.75 Å². The molecule has 1 fully saturated rings. The number of benzene rings is 1. The smallest absolute Gasteiger partial charge is 0.273 e. The number of nitro benzene ring substituents is 1. The summed E-state index contributed by atoms with van der Waals surface area (Å²) < 4.78 is 5.35. The van der Waals surface area contributed by atoms with Crippen LogP contribution in [0.25, 0.3) is 0 Å². The summed E-state index contributed by atoms with van der Waals surface area (Å²) in [6, 6.07) is 6.03. The first-order valence-electron chi connectivity index (χ1n) is 7.64. The Morgan fingerprint density at radius 2 is 2.18 bits per heavy atom. The van der Waals surface area contributed by atoms with Crippen molar-refractivity contribution in [2.75, 3.05) is 6.61 Å². The summed E-state index contributed by atoms with van der Waals surface area (Å²) in [4.78, 5) is 22.2. The number of hydrogen-bond donors (Lipinski definition) is 1. The van der Waals surface area contributed by atoms with Crippen LogP contribution in [0.3, 0.4) is 0 Å². The van der Waals surface area contributed by atoms with Crippen molar-refractivity contribution in [3.05, 3.63) is 34.4 Å². The van der Waals surface area contributed by atoms with Gasteiger partial charge in [0, 0.05) is 12.1 Å². The minimum absolute atomic E-state index is 0.0485. The molecule has 1 amide bonds. The average molecular weight is 306 g/mol. The predicted octanol–water partition coefficient (Wildman–Crippen LogP) is 2.91. The van der Waals surface area contributed by atoms with Crippen LogP contribution >= 0.6 is 0 Å². The van der Waals surface area contributed by atoms with Gasteiger partial charge in [0.1, 0.15) is 5.75 Å². The molecule has 0 radical (unpaired) electrons. The lowest BCUT2D eigenvalue weighted by molar-refractivity contribution is -0.384. The van der Waals surface area contributed by atoms with Crippen molar-refractivity contribution in [3.8, 4) is 5.75 Å². The van der Waals surface area contributed by atoms with E-state index in [1.54, 1.807) is 6.07 Å². The summed E-state index contributed by atoms with van der Waals surface area (Å²) in [5.74, 6) is 1.21. The first kappa shape index (κ1) is 16.3. The molecule has 0 unspecified atom stereocenters. The summed E-state index contributed by atoms with van der Waals surface area (Å²) in [6.45, 7) is 4.25. The molecule has 6 nitrogen and oxygen atoms in total. The first-order chi connectivity index (χ1) is 10.5. The molecule has 120 valence electrons. The Labute approximate surface area is 130 Å². The number of carbonyl (C=O) groups excluding carboxylic acids is 1. The van der Waals surface area contributed by atoms with Gasteiger partial charge in [0.25, 0.3) is 11.6 Å². The van der Waals surface area contributed by atoms with Gasteiger partial charge in [-0.15, -0.1) is 0 Å². The van der Waals surface area contributed by atoms with E-state index in [1.165, 1.54) is 24.6 Å². The second-order valence-electron chi connectivity index (χ2n) is 5.98. The second-order valence-corrected chi connectivity index (χ2v) is 5.98. The van der Waals surface area contributed by atoms with E-state index >= 15 is 0 Å². The number of rotatable bonds is 5. The van der Waals surface area contributed by atoms with Crippen molar-refractivity contribution in [1.82, 2.24) is 5.32 Å². The lowest BCUT2D eigenvalue weighted by Gasteiger charge is -2.34. The fraction of sp³-hybridized carbons (Fsp3) is 0.562. The SMILES string of the molecule is C[C@@H]1[C@H](C)CCC[C@@H]1NC(=O)COc1cccc([N+](=O)[O-])c1. The van der Waals surface area contributed by atoms with E-state index in [0.29, 0.717) is 17.6 Å². The molecular formula is C16H22N2O4. The van der Waals surface area contributed by atoms with Crippen molar-refractivity contribution >= 4 is 11.6 Å². The zero-order valence-electron chi connectivity index (χ0n) is 13.0. The normalized spacial score (nSPS) is 24.5. The van der Waals surface area contributed by atoms with Gasteiger partial charge in [-0.05, 0) is 24.3 Å². The number of amides is 1. The van der Waals surface area contributed by atoms with Gasteiger partial charge in [0.2, 0.25) is 0 Å². The Morgan fingerprint density at radius 3 is 2.91 bits per heavy atom. The van der Waals surface area contributed by atoms with E-state index in [4.69, 9.17) is 4.74 Å². The van der Waals surface area contributed by atoms with Gasteiger partial charge in [0.05, 0.1) is 11.0 Å². The number of non-ortho nitro benzene ring substituents is 1. The third-order valence-electron chi connectivity index (χ3n) is 4.45. The minimum Gasteiger partial charge on any atom is -0.484 e. The average Bonchev–Trinajstić information content (AvgIpc) is 2.50. The molecule has 0 saturated heterocycles. The lowest BCUT2D eigenvalue weighted by Crippen LogP contribution is -2.45. The maximum Gasteiger partial charge on any atom is 0.273 e. The van der Waals surface area contributed by atoms with Gasteiger partial charge in [-0.2, -0.15) is 0 Å². The van der Waals surface area contributed by atoms with E-state index in [-0.39, 0.29) is 24.2 Å². The third-order valence-corrected chi connectivity index (χ3v) is 4.45. The van der Waals surface area contributed by atoms with Crippen LogP contribution in [0.4, 0.5) is 5.69 Å². The van der Waals surface area contributed by atoms with E-state index in [9.17, 15) is 14.9 Å². The molecule has 0 spiro atoms. The molecule has 3 atom stereocenters. The number of hydrogen-bond acceptors (Lipinski definition) is 4. The molecular weight excluding hydrogens is 284 g/mol. The highest BCUT2D eigenvalue weighted by molar-refractivity contribution is 5.77. The Morgan fingerprint density at radius 1 is 1.41 bits per heavy atom. The Kier molecular flexibility index (Phi) is 5.35. The van der Waals surface area contributed by atoms with Crippen LogP contribution in [0.15, 0.2) is 24.3 Å². The molecule has 1 aliphatic carbocycles. The standard InChI is InChI=1S/C16H22N2O4/c1-11-5-3-8-15(12(11)2)17-16(19)10-22-14-7-4-6-13(9-14)18(20)21/h4,6-7,9,11-12,15H,3,5,8,10H2,1-2H3,(H,17,19)/t11-,12-,15+/m1/s1. The monoisotopic (exact) mass is 306 g/mol. The third kappa shape index (κ3) is 4.19. The van der Waals surface area contributed by atoms with Crippen molar-refractivity contribution in [2.45, 2.75) is 39.2 Å². The number of nitro groups is 1. The summed E-state index contributed by atoms with van der Waals surface area (Å²) in [5, 5.41) is 13.7. The molecule has 1 aromatic carbocycles. The van der Waals surface area contributed by atoms with E-state index < -0.39 is 4.92 Å². The molecule has 2 rings (SSSR count). The van der Waals surface area contributed by atoms with Crippen molar-refractivity contribution in [2.24, 2.45) is 11.8 Å². The van der Waals surface area contributed by atoms with E-state index in [0.717, 1.165) is 12.8 Å². The van der Waals surface area contributed by atoms with E-state index in [1.807, 2.05) is 0 Å². The summed E-state index contributed by atoms with van der Waals surface area (Å²) in [6.07, 6.45) is 3.33. The molecule has 6 heteroatoms. The quantitative estimate of drug-likeness (QED) is 0.670. The van der Waals surface area contributed by atoms with Crippen molar-refractivity contribution < 1.29 is 14.5 Å². The van der Waals surface area contributed by atoms with Crippen molar-refractivity contribution in [3.63, 3.8) is 0 Å². The van der Waals surface area contributed by atoms with Crippen LogP contribution < -0.4 is 10.1 Å². The van der Waals surface area contributed by atoms with Gasteiger partial charge >= 0.3 is 0 Å². The second kappa shape index (κ2) is 7.24. The van der Waals surface area contributed by atoms with Gasteiger partial charge in [0.15, 0.2) is 6.61 Å². The van der Waals surface area contributed by atoms with Gasteiger partial charge < -0.3 is 10.1 Å². The number of ether oxygens (including phenoxy) is 1. The Bertz CT molecular complexity index is 547. The fourth-order valence-electron chi connectivity index (χ4n) is 2.87. The largest absolute Gasteiger partial charge is 0.484 e. The first-order valence-corrected chi connectivity index (χ1v) is 7.64. The molecule has 0 aliphatic heterocycles. The molecule has 1 N–H and O–H groups in total. The molecule has 1 saturated carbocycles. The van der Waals surface area contributed by atoms with Crippen molar-refractivity contribution in [1.29, 1.82) is 0 Å². The summed E-state index contributed by atoms with van der Waals surface area (Å²) in [7, 11) is 0. The van der Waals surface area contributed by atoms with Gasteiger partial charge in [-0.1, -0.05) is 32.8 Å². The maximum absolute atomic E-state index is 12.0. The molecule has 0 aromatic heterocycles. The minimum atomic E-state index is -0.488. The van der Waals surface area contributed by atoms with Crippen LogP contribution in [-0.4, -0.2) is 23.5 Å². The molecule has 1 aliphatic rings. The van der Waals surface area contributed by atoms with Gasteiger partial charge in [-0.25, -0.2) is 0 Å². The molecule has 1 aromatic rings. The van der Waals surface area contributed by atoms with E-state index in [2.05, 4.69) is 19.2 Å². The highest BCUT2D eigenvalue weighted by atomic mass is 16.6. The Hall–Kier alpha value is -2.11. The maximum atomic E-state index is 12.0. The molecule has 0 heterocycles. The highest BCUT2D eigenvalue weighted by Gasteiger charge is 2.28. The highest BCUT2D eigenvalue weighted by Crippen LogP contribution is 2.29. The van der Waals surface area contributed by atoms with Crippen LogP contribution in [-0.2, 0) is 4.79 Å². The predicted molar refractivity (Wildman–Crippen MR) is 82.7 cm³/mol. The summed E-state index contributed by atoms with van der Waals surface area (Å²) >= 11 is 0. The summed E-state index contributed by atoms with van der Waals surface area (Å²) in [5.41, 5.74) is -0.0485. The number of nitrogens with zero attached hydrogens (tertiary/aromatic N) is 1. The topological polar surface area (TPSA) is 81.5 Å². The van der Waals surface area contributed by atoms with Crippen LogP contribution in [0, 0.1) is 22.0 Å².